The van der Waals surface area contributed by atoms with E-state index in [4.69, 9.17) is 5.11 Å². The van der Waals surface area contributed by atoms with Crippen LogP contribution in [-0.4, -0.2) is 36.1 Å². The Bertz CT molecular complexity index is 399. The summed E-state index contributed by atoms with van der Waals surface area (Å²) in [6, 6.07) is 0. The van der Waals surface area contributed by atoms with E-state index in [0.717, 1.165) is 11.3 Å². The van der Waals surface area contributed by atoms with Crippen molar-refractivity contribution in [2.45, 2.75) is 19.9 Å². The Balaban J connectivity index is 2.46. The molecule has 0 aromatic carbocycles. The van der Waals surface area contributed by atoms with Crippen molar-refractivity contribution in [2.75, 3.05) is 12.4 Å². The van der Waals surface area contributed by atoms with Crippen LogP contribution in [0.5, 0.6) is 0 Å². The first-order valence-corrected chi connectivity index (χ1v) is 6.27. The summed E-state index contributed by atoms with van der Waals surface area (Å²) >= 11 is 0. The number of aliphatic hydroxyl groups is 1. The summed E-state index contributed by atoms with van der Waals surface area (Å²) in [5, 5.41) is 15.0. The van der Waals surface area contributed by atoms with Gasteiger partial charge in [0.15, 0.2) is 0 Å². The number of rotatable bonds is 6. The quantitative estimate of drug-likeness (QED) is 0.618. The van der Waals surface area contributed by atoms with Gasteiger partial charge in [0.1, 0.15) is 0 Å². The highest BCUT2D eigenvalue weighted by molar-refractivity contribution is 7.89. The molecule has 1 aromatic heterocycles. The number of aromatic amines is 1. The van der Waals surface area contributed by atoms with Crippen molar-refractivity contribution in [3.05, 3.63) is 17.5 Å². The molecular weight excluding hydrogens is 218 g/mol. The molecule has 1 rings (SSSR count). The second-order valence-electron chi connectivity index (χ2n) is 3.24. The Morgan fingerprint density at radius 2 is 2.33 bits per heavy atom. The minimum absolute atomic E-state index is 0.0552. The van der Waals surface area contributed by atoms with E-state index >= 15 is 0 Å². The van der Waals surface area contributed by atoms with Crippen molar-refractivity contribution >= 4 is 10.0 Å². The van der Waals surface area contributed by atoms with Gasteiger partial charge in [0, 0.05) is 24.4 Å². The van der Waals surface area contributed by atoms with Crippen LogP contribution in [0.4, 0.5) is 0 Å². The van der Waals surface area contributed by atoms with Crippen molar-refractivity contribution in [1.82, 2.24) is 14.9 Å². The Morgan fingerprint density at radius 1 is 1.60 bits per heavy atom. The van der Waals surface area contributed by atoms with Gasteiger partial charge in [-0.1, -0.05) is 0 Å². The van der Waals surface area contributed by atoms with Gasteiger partial charge in [-0.15, -0.1) is 0 Å². The van der Waals surface area contributed by atoms with Gasteiger partial charge in [-0.05, 0) is 13.3 Å². The highest BCUT2D eigenvalue weighted by Gasteiger charge is 2.10. The van der Waals surface area contributed by atoms with Crippen molar-refractivity contribution in [2.24, 2.45) is 0 Å². The second kappa shape index (κ2) is 5.24. The lowest BCUT2D eigenvalue weighted by Crippen LogP contribution is -2.26. The summed E-state index contributed by atoms with van der Waals surface area (Å²) in [6.07, 6.45) is 1.84. The molecule has 0 saturated carbocycles. The first-order chi connectivity index (χ1) is 7.05. The zero-order valence-electron chi connectivity index (χ0n) is 8.52. The number of aromatic nitrogens is 2. The van der Waals surface area contributed by atoms with Crippen LogP contribution in [0.3, 0.4) is 0 Å². The van der Waals surface area contributed by atoms with Gasteiger partial charge in [0.05, 0.1) is 11.9 Å². The van der Waals surface area contributed by atoms with Gasteiger partial charge in [-0.3, -0.25) is 5.10 Å². The van der Waals surface area contributed by atoms with Gasteiger partial charge >= 0.3 is 0 Å². The van der Waals surface area contributed by atoms with E-state index in [1.807, 2.05) is 6.92 Å². The van der Waals surface area contributed by atoms with Crippen LogP contribution >= 0.6 is 0 Å². The maximum absolute atomic E-state index is 11.3. The molecule has 0 bridgehead atoms. The Morgan fingerprint density at radius 3 is 2.87 bits per heavy atom. The monoisotopic (exact) mass is 233 g/mol. The average Bonchev–Trinajstić information content (AvgIpc) is 2.58. The number of aryl methyl sites for hydroxylation is 1. The normalized spacial score (nSPS) is 11.9. The van der Waals surface area contributed by atoms with Crippen LogP contribution in [0.2, 0.25) is 0 Å². The fourth-order valence-electron chi connectivity index (χ4n) is 1.07. The zero-order chi connectivity index (χ0) is 11.3. The van der Waals surface area contributed by atoms with Crippen molar-refractivity contribution in [3.8, 4) is 0 Å². The van der Waals surface area contributed by atoms with Crippen molar-refractivity contribution in [3.63, 3.8) is 0 Å². The predicted molar refractivity (Wildman–Crippen MR) is 55.7 cm³/mol. The largest absolute Gasteiger partial charge is 0.396 e. The third kappa shape index (κ3) is 3.98. The first-order valence-electron chi connectivity index (χ1n) is 4.62. The third-order valence-corrected chi connectivity index (χ3v) is 3.40. The molecule has 0 aliphatic heterocycles. The van der Waals surface area contributed by atoms with Gasteiger partial charge in [0.25, 0.3) is 0 Å². The van der Waals surface area contributed by atoms with Crippen LogP contribution in [-0.2, 0) is 16.6 Å². The molecule has 0 aliphatic carbocycles. The van der Waals surface area contributed by atoms with E-state index in [0.29, 0.717) is 0 Å². The molecule has 0 unspecified atom stereocenters. The summed E-state index contributed by atoms with van der Waals surface area (Å²) in [5.41, 5.74) is 1.67. The highest BCUT2D eigenvalue weighted by Crippen LogP contribution is 2.02. The first kappa shape index (κ1) is 12.2. The smallest absolute Gasteiger partial charge is 0.211 e. The van der Waals surface area contributed by atoms with E-state index in [-0.39, 0.29) is 25.3 Å². The second-order valence-corrected chi connectivity index (χ2v) is 5.16. The molecule has 6 nitrogen and oxygen atoms in total. The molecule has 1 heterocycles. The van der Waals surface area contributed by atoms with Crippen LogP contribution in [0.15, 0.2) is 6.20 Å². The highest BCUT2D eigenvalue weighted by atomic mass is 32.2. The van der Waals surface area contributed by atoms with E-state index in [1.165, 1.54) is 0 Å². The molecule has 0 spiro atoms. The van der Waals surface area contributed by atoms with Crippen molar-refractivity contribution in [1.29, 1.82) is 0 Å². The maximum atomic E-state index is 11.3. The van der Waals surface area contributed by atoms with Gasteiger partial charge in [-0.2, -0.15) is 5.10 Å². The molecule has 0 amide bonds. The van der Waals surface area contributed by atoms with Gasteiger partial charge < -0.3 is 5.11 Å². The lowest BCUT2D eigenvalue weighted by atomic mass is 10.3. The Hall–Kier alpha value is -0.920. The van der Waals surface area contributed by atoms with Gasteiger partial charge in [0.2, 0.25) is 10.0 Å². The average molecular weight is 233 g/mol. The number of sulfonamides is 1. The van der Waals surface area contributed by atoms with Crippen LogP contribution in [0.25, 0.3) is 0 Å². The summed E-state index contributed by atoms with van der Waals surface area (Å²) < 4.78 is 25.1. The number of hydrogen-bond donors (Lipinski definition) is 3. The zero-order valence-corrected chi connectivity index (χ0v) is 9.34. The minimum Gasteiger partial charge on any atom is -0.396 e. The lowest BCUT2D eigenvalue weighted by molar-refractivity contribution is 0.295. The molecule has 1 aromatic rings. The molecular formula is C8H15N3O3S. The van der Waals surface area contributed by atoms with E-state index in [2.05, 4.69) is 14.9 Å². The van der Waals surface area contributed by atoms with Gasteiger partial charge in [-0.25, -0.2) is 13.1 Å². The molecule has 0 radical (unpaired) electrons. The number of nitrogens with one attached hydrogen (secondary N) is 2. The number of aliphatic hydroxyl groups excluding tert-OH is 1. The van der Waals surface area contributed by atoms with E-state index in [1.54, 1.807) is 6.20 Å². The maximum Gasteiger partial charge on any atom is 0.211 e. The molecule has 0 atom stereocenters. The summed E-state index contributed by atoms with van der Waals surface area (Å²) in [4.78, 5) is 0. The molecule has 7 heteroatoms. The topological polar surface area (TPSA) is 95.1 Å². The molecule has 0 saturated heterocycles. The molecule has 0 aliphatic rings. The number of nitrogens with zero attached hydrogens (tertiary/aromatic N) is 1. The molecule has 15 heavy (non-hydrogen) atoms. The van der Waals surface area contributed by atoms with Crippen LogP contribution < -0.4 is 4.72 Å². The number of H-pyrrole nitrogens is 1. The minimum atomic E-state index is -3.29. The molecule has 0 fully saturated rings. The Labute approximate surface area is 88.8 Å². The lowest BCUT2D eigenvalue weighted by Gasteiger charge is -2.04. The SMILES string of the molecule is Cc1[nH]ncc1CNS(=O)(=O)CCCO. The fraction of sp³-hybridized carbons (Fsp3) is 0.625. The van der Waals surface area contributed by atoms with Crippen molar-refractivity contribution < 1.29 is 13.5 Å². The summed E-state index contributed by atoms with van der Waals surface area (Å²) in [5.74, 6) is -0.0552. The van der Waals surface area contributed by atoms with Crippen LogP contribution in [0, 0.1) is 6.92 Å². The van der Waals surface area contributed by atoms with E-state index in [9.17, 15) is 8.42 Å². The summed E-state index contributed by atoms with van der Waals surface area (Å²) in [7, 11) is -3.29. The molecule has 86 valence electrons. The van der Waals surface area contributed by atoms with E-state index < -0.39 is 10.0 Å². The van der Waals surface area contributed by atoms with Crippen LogP contribution in [0.1, 0.15) is 17.7 Å². The third-order valence-electron chi connectivity index (χ3n) is 1.99. The molecule has 3 N–H and O–H groups in total. The predicted octanol–water partition coefficient (Wildman–Crippen LogP) is -0.480. The summed E-state index contributed by atoms with van der Waals surface area (Å²) in [6.45, 7) is 1.94. The fourth-order valence-corrected chi connectivity index (χ4v) is 2.10. The number of hydrogen-bond acceptors (Lipinski definition) is 4. The Kier molecular flexibility index (Phi) is 4.25. The standard InChI is InChI=1S/C8H15N3O3S/c1-7-8(5-9-11-7)6-10-15(13,14)4-2-3-12/h5,10,12H,2-4,6H2,1H3,(H,9,11).